The van der Waals surface area contributed by atoms with E-state index in [-0.39, 0.29) is 4.90 Å². The van der Waals surface area contributed by atoms with Gasteiger partial charge in [-0.2, -0.15) is 0 Å². The molecule has 13 heavy (non-hydrogen) atoms. The van der Waals surface area contributed by atoms with Gasteiger partial charge in [-0.05, 0) is 4.98 Å². The highest BCUT2D eigenvalue weighted by atomic mass is 32.2. The van der Waals surface area contributed by atoms with Crippen LogP contribution in [0.25, 0.3) is 11.0 Å². The van der Waals surface area contributed by atoms with Gasteiger partial charge < -0.3 is 4.98 Å². The van der Waals surface area contributed by atoms with Crippen LogP contribution in [0.1, 0.15) is 0 Å². The third-order valence-corrected chi connectivity index (χ3v) is 2.89. The van der Waals surface area contributed by atoms with Crippen molar-refractivity contribution < 1.29 is 13.4 Å². The number of H-pyrrole nitrogens is 2. The molecule has 0 aliphatic carbocycles. The third kappa shape index (κ3) is 1.29. The molecule has 5 nitrogen and oxygen atoms in total. The number of aromatic nitrogens is 3. The second-order valence-electron chi connectivity index (χ2n) is 2.76. The second kappa shape index (κ2) is 2.53. The lowest BCUT2D eigenvalue weighted by atomic mass is 10.4. The Morgan fingerprint density at radius 2 is 2.31 bits per heavy atom. The summed E-state index contributed by atoms with van der Waals surface area (Å²) in [5, 5.41) is 0.588. The number of hydrogen-bond acceptors (Lipinski definition) is 3. The molecule has 0 aromatic carbocycles. The van der Waals surface area contributed by atoms with Crippen LogP contribution >= 0.6 is 0 Å². The van der Waals surface area contributed by atoms with Crippen molar-refractivity contribution in [1.29, 1.82) is 0 Å². The van der Waals surface area contributed by atoms with Crippen LogP contribution in [-0.4, -0.2) is 24.6 Å². The fourth-order valence-corrected chi connectivity index (χ4v) is 2.01. The summed E-state index contributed by atoms with van der Waals surface area (Å²) < 4.78 is 22.5. The molecule has 0 spiro atoms. The molecule has 0 saturated carbocycles. The molecule has 0 aliphatic heterocycles. The normalized spacial score (nSPS) is 12.1. The molecule has 0 bridgehead atoms. The van der Waals surface area contributed by atoms with E-state index in [0.717, 1.165) is 0 Å². The highest BCUT2D eigenvalue weighted by Gasteiger charge is 2.16. The predicted octanol–water partition coefficient (Wildman–Crippen LogP) is -0.219. The minimum atomic E-state index is -3.18. The Labute approximate surface area is 74.8 Å². The summed E-state index contributed by atoms with van der Waals surface area (Å²) in [5.74, 6) is 0. The summed E-state index contributed by atoms with van der Waals surface area (Å²) in [6, 6.07) is 0. The molecule has 0 amide bonds. The zero-order valence-corrected chi connectivity index (χ0v) is 7.72. The van der Waals surface area contributed by atoms with Crippen molar-refractivity contribution in [3.8, 4) is 0 Å². The fraction of sp³-hybridized carbons (Fsp3) is 0.143. The molecular weight excluding hydrogens is 190 g/mol. The van der Waals surface area contributed by atoms with Crippen LogP contribution in [-0.2, 0) is 9.84 Å². The predicted molar refractivity (Wildman–Crippen MR) is 45.8 cm³/mol. The Kier molecular flexibility index (Phi) is 1.59. The first-order chi connectivity index (χ1) is 6.09. The summed E-state index contributed by atoms with van der Waals surface area (Å²) in [6.45, 7) is 0. The van der Waals surface area contributed by atoms with E-state index in [1.165, 1.54) is 18.8 Å². The molecule has 0 fully saturated rings. The third-order valence-electron chi connectivity index (χ3n) is 1.76. The molecule has 2 heterocycles. The van der Waals surface area contributed by atoms with Gasteiger partial charge in [-0.25, -0.2) is 13.4 Å². The standard InChI is InChI=1S/C7H7N3O2S/c1-13(11,12)6-3-9-7-5(6)2-8-4-10-7/h2-4H,1H3,(H,8,9,10)/p+1. The number of nitrogens with one attached hydrogen (secondary N) is 2. The van der Waals surface area contributed by atoms with Crippen LogP contribution in [0.5, 0.6) is 0 Å². The molecule has 0 radical (unpaired) electrons. The Bertz CT molecular complexity index is 544. The van der Waals surface area contributed by atoms with Crippen LogP contribution < -0.4 is 4.98 Å². The Morgan fingerprint density at radius 1 is 1.54 bits per heavy atom. The Hall–Kier alpha value is -1.43. The van der Waals surface area contributed by atoms with E-state index in [1.54, 1.807) is 6.20 Å². The van der Waals surface area contributed by atoms with Gasteiger partial charge in [-0.3, -0.25) is 0 Å². The highest BCUT2D eigenvalue weighted by Crippen LogP contribution is 2.18. The lowest BCUT2D eigenvalue weighted by molar-refractivity contribution is -0.380. The summed E-state index contributed by atoms with van der Waals surface area (Å²) in [5.41, 5.74) is 0.569. The molecule has 0 unspecified atom stereocenters. The van der Waals surface area contributed by atoms with Crippen LogP contribution in [0.15, 0.2) is 23.6 Å². The molecular formula is C7H8N3O2S+. The Balaban J connectivity index is 2.87. The van der Waals surface area contributed by atoms with Gasteiger partial charge in [-0.15, -0.1) is 0 Å². The van der Waals surface area contributed by atoms with Crippen LogP contribution in [0.2, 0.25) is 0 Å². The maximum Gasteiger partial charge on any atom is 0.286 e. The average molecular weight is 198 g/mol. The van der Waals surface area contributed by atoms with E-state index < -0.39 is 9.84 Å². The van der Waals surface area contributed by atoms with E-state index >= 15 is 0 Å². The maximum absolute atomic E-state index is 11.2. The molecule has 0 atom stereocenters. The molecule has 68 valence electrons. The molecule has 0 saturated heterocycles. The topological polar surface area (TPSA) is 77.0 Å². The maximum atomic E-state index is 11.2. The number of aromatic amines is 2. The summed E-state index contributed by atoms with van der Waals surface area (Å²) >= 11 is 0. The first-order valence-electron chi connectivity index (χ1n) is 3.62. The van der Waals surface area contributed by atoms with Crippen molar-refractivity contribution in [1.82, 2.24) is 9.97 Å². The smallest absolute Gasteiger partial charge is 0.286 e. The number of sulfone groups is 1. The second-order valence-corrected chi connectivity index (χ2v) is 4.74. The highest BCUT2D eigenvalue weighted by molar-refractivity contribution is 7.91. The SMILES string of the molecule is CS(=O)(=O)c1c[nH]c2nc[nH+]cc12. The largest absolute Gasteiger partial charge is 0.324 e. The molecule has 2 aromatic rings. The van der Waals surface area contributed by atoms with Crippen molar-refractivity contribution in [3.05, 3.63) is 18.7 Å². The van der Waals surface area contributed by atoms with Gasteiger partial charge in [0, 0.05) is 12.5 Å². The van der Waals surface area contributed by atoms with Gasteiger partial charge in [0.05, 0.1) is 4.90 Å². The summed E-state index contributed by atoms with van der Waals surface area (Å²) in [7, 11) is -3.18. The molecule has 2 rings (SSSR count). The van der Waals surface area contributed by atoms with Crippen molar-refractivity contribution in [2.45, 2.75) is 4.90 Å². The van der Waals surface area contributed by atoms with Gasteiger partial charge >= 0.3 is 0 Å². The quantitative estimate of drug-likeness (QED) is 0.688. The molecule has 2 aromatic heterocycles. The fourth-order valence-electron chi connectivity index (χ4n) is 1.18. The minimum absolute atomic E-state index is 0.270. The number of fused-ring (bicyclic) bond motifs is 1. The zero-order valence-electron chi connectivity index (χ0n) is 6.90. The zero-order chi connectivity index (χ0) is 9.47. The van der Waals surface area contributed by atoms with Gasteiger partial charge in [-0.1, -0.05) is 0 Å². The number of hydrogen-bond donors (Lipinski definition) is 1. The van der Waals surface area contributed by atoms with Gasteiger partial charge in [0.2, 0.25) is 0 Å². The summed E-state index contributed by atoms with van der Waals surface area (Å²) in [4.78, 5) is 9.73. The number of rotatable bonds is 1. The van der Waals surface area contributed by atoms with Crippen molar-refractivity contribution in [2.24, 2.45) is 0 Å². The first-order valence-corrected chi connectivity index (χ1v) is 5.51. The molecule has 0 aliphatic rings. The molecule has 6 heteroatoms. The van der Waals surface area contributed by atoms with Gasteiger partial charge in [0.15, 0.2) is 9.84 Å². The van der Waals surface area contributed by atoms with Crippen molar-refractivity contribution in [2.75, 3.05) is 6.26 Å². The number of nitrogens with zero attached hydrogens (tertiary/aromatic N) is 1. The monoisotopic (exact) mass is 198 g/mol. The molecule has 2 N–H and O–H groups in total. The van der Waals surface area contributed by atoms with E-state index in [9.17, 15) is 8.42 Å². The lowest BCUT2D eigenvalue weighted by Gasteiger charge is -1.90. The van der Waals surface area contributed by atoms with E-state index in [0.29, 0.717) is 11.0 Å². The first kappa shape index (κ1) is 8.18. The van der Waals surface area contributed by atoms with Gasteiger partial charge in [0.25, 0.3) is 12.0 Å². The van der Waals surface area contributed by atoms with Crippen molar-refractivity contribution in [3.63, 3.8) is 0 Å². The average Bonchev–Trinajstić information content (AvgIpc) is 2.45. The Morgan fingerprint density at radius 3 is 3.00 bits per heavy atom. The van der Waals surface area contributed by atoms with E-state index in [2.05, 4.69) is 15.0 Å². The van der Waals surface area contributed by atoms with Gasteiger partial charge in [0.1, 0.15) is 11.6 Å². The van der Waals surface area contributed by atoms with Crippen LogP contribution in [0, 0.1) is 0 Å². The lowest BCUT2D eigenvalue weighted by Crippen LogP contribution is -2.02. The minimum Gasteiger partial charge on any atom is -0.324 e. The van der Waals surface area contributed by atoms with Crippen molar-refractivity contribution >= 4 is 20.9 Å². The van der Waals surface area contributed by atoms with Crippen LogP contribution in [0.3, 0.4) is 0 Å². The van der Waals surface area contributed by atoms with E-state index in [1.807, 2.05) is 0 Å². The van der Waals surface area contributed by atoms with E-state index in [4.69, 9.17) is 0 Å². The summed E-state index contributed by atoms with van der Waals surface area (Å²) in [6.07, 6.45) is 5.71. The van der Waals surface area contributed by atoms with Crippen LogP contribution in [0.4, 0.5) is 0 Å².